The number of hydrogen-bond acceptors (Lipinski definition) is 18. The van der Waals surface area contributed by atoms with Crippen molar-refractivity contribution in [2.75, 3.05) is 61.7 Å². The Morgan fingerprint density at radius 2 is 0.826 bits per heavy atom. The maximum absolute atomic E-state index is 13.6. The Hall–Kier alpha value is -6.61. The number of nitrogens with zero attached hydrogens (tertiary/aromatic N) is 4. The average Bonchev–Trinajstić information content (AvgIpc) is 1.08. The minimum Gasteiger partial charge on any atom is -0.403 e. The number of carbonyl (C=O) groups is 3. The lowest BCUT2D eigenvalue weighted by Crippen LogP contribution is -2.67. The van der Waals surface area contributed by atoms with E-state index in [4.69, 9.17) is 17.9 Å². The van der Waals surface area contributed by atoms with E-state index >= 15 is 0 Å². The molecule has 2 aliphatic heterocycles. The van der Waals surface area contributed by atoms with Gasteiger partial charge in [0.25, 0.3) is 27.8 Å². The first-order valence-electron chi connectivity index (χ1n) is 29.1. The SMILES string of the molecule is C.CC(C)(C)[Si](O[C@@H]1C[C@@H](C=O)N(C(=O)Cn2ccc(=O)[nH]c2=O)C1)(c1ccccc1)c1ccccc1.COP(=O)(/C=C/[C@@H]1C[C@@H](O[Si](c2ccccc2)(c2ccccc2)C(C)(C)C)CN1C(=O)Cn1ccc(=O)[nH]c1=O)OC.COP(=O)(CP(=O)(OC)OC)OC. The van der Waals surface area contributed by atoms with Crippen LogP contribution in [0.1, 0.15) is 61.8 Å². The molecule has 4 heterocycles. The van der Waals surface area contributed by atoms with Crippen LogP contribution >= 0.6 is 22.8 Å². The number of likely N-dealkylation sites (tertiary alicyclic amines) is 2. The lowest BCUT2D eigenvalue weighted by atomic mass is 10.2. The molecule has 0 radical (unpaired) electrons. The topological polar surface area (TPSA) is 292 Å². The molecule has 2 amide bonds. The van der Waals surface area contributed by atoms with Crippen LogP contribution in [0.4, 0.5) is 0 Å². The van der Waals surface area contributed by atoms with Crippen LogP contribution in [0, 0.1) is 0 Å². The lowest BCUT2D eigenvalue weighted by Gasteiger charge is -2.44. The first-order chi connectivity index (χ1) is 43.0. The Morgan fingerprint density at radius 1 is 0.511 bits per heavy atom. The number of amides is 2. The van der Waals surface area contributed by atoms with Crippen LogP contribution in [0.25, 0.3) is 0 Å². The molecule has 2 fully saturated rings. The summed E-state index contributed by atoms with van der Waals surface area (Å²) in [4.78, 5) is 93.4. The van der Waals surface area contributed by atoms with Crippen molar-refractivity contribution in [3.8, 4) is 0 Å². The molecule has 2 saturated heterocycles. The van der Waals surface area contributed by atoms with Gasteiger partial charge in [0, 0.05) is 92.5 Å². The largest absolute Gasteiger partial charge is 0.403 e. The van der Waals surface area contributed by atoms with Crippen LogP contribution in [-0.2, 0) is 77.2 Å². The van der Waals surface area contributed by atoms with E-state index in [0.29, 0.717) is 12.8 Å². The van der Waals surface area contributed by atoms with Gasteiger partial charge in [-0.2, -0.15) is 0 Å². The van der Waals surface area contributed by atoms with Crippen LogP contribution in [0.5, 0.6) is 0 Å². The minimum atomic E-state index is -3.50. The van der Waals surface area contributed by atoms with Crippen LogP contribution in [-0.4, -0.2) is 150 Å². The summed E-state index contributed by atoms with van der Waals surface area (Å²) in [5.74, 6) is 0.238. The number of rotatable bonds is 23. The van der Waals surface area contributed by atoms with Crippen LogP contribution < -0.4 is 43.2 Å². The van der Waals surface area contributed by atoms with E-state index in [1.807, 2.05) is 72.8 Å². The Bertz CT molecular complexity index is 3700. The molecule has 4 aromatic carbocycles. The fraction of sp³-hybridized carbons (Fsp3) is 0.413. The highest BCUT2D eigenvalue weighted by Crippen LogP contribution is 2.62. The Morgan fingerprint density at radius 3 is 1.11 bits per heavy atom. The molecule has 92 heavy (non-hydrogen) atoms. The Labute approximate surface area is 539 Å². The molecule has 4 atom stereocenters. The van der Waals surface area contributed by atoms with Crippen molar-refractivity contribution < 1.29 is 64.1 Å². The third-order valence-electron chi connectivity index (χ3n) is 15.8. The van der Waals surface area contributed by atoms with Gasteiger partial charge in [-0.1, -0.05) is 176 Å². The molecule has 0 saturated carbocycles. The fourth-order valence-electron chi connectivity index (χ4n) is 11.2. The van der Waals surface area contributed by atoms with Gasteiger partial charge in [0.15, 0.2) is 5.90 Å². The van der Waals surface area contributed by atoms with Crippen molar-refractivity contribution in [2.45, 2.75) is 109 Å². The van der Waals surface area contributed by atoms with Crippen molar-refractivity contribution in [2.24, 2.45) is 0 Å². The van der Waals surface area contributed by atoms with E-state index < -0.39 is 74.0 Å². The van der Waals surface area contributed by atoms with E-state index in [0.717, 1.165) is 36.2 Å². The van der Waals surface area contributed by atoms with E-state index in [9.17, 15) is 47.3 Å². The molecular formula is C63H87N6O18P3Si2. The quantitative estimate of drug-likeness (QED) is 0.0374. The zero-order valence-corrected chi connectivity index (χ0v) is 58.0. The predicted octanol–water partition coefficient (Wildman–Crippen LogP) is 6.92. The first-order valence-corrected chi connectivity index (χ1v) is 37.9. The molecular weight excluding hydrogens is 1280 g/mol. The molecule has 0 spiro atoms. The summed E-state index contributed by atoms with van der Waals surface area (Å²) in [7, 11) is -8.56. The fourth-order valence-corrected chi connectivity index (χ4v) is 25.2. The molecule has 500 valence electrons. The monoisotopic (exact) mass is 1360 g/mol. The van der Waals surface area contributed by atoms with Crippen molar-refractivity contribution >= 4 is 78.3 Å². The number of aromatic amines is 2. The number of aromatic nitrogens is 4. The standard InChI is InChI=1S/C30H38N3O7PSi.C27H31N3O5Si.C5H14O6P2.CH4/c1-30(2,3)42(25-12-8-6-9-13-25,26-14-10-7-11-15-26)40-24-20-23(17-19-41(37,38-4)39-5)33(21-24)28(35)22-32-18-16-27(34)31-29(32)36;1-27(2,3)36(22-10-6-4-7-11-22,23-12-8-5-9-13-23)35-21-16-20(19-31)30(17-21)25(33)18-29-15-14-24(32)28-26(29)34;1-8-12(6,9-2)5-13(7,10-3)11-4;/h6-19,23-24H,20-22H2,1-5H3,(H,31,34,36);4-15,19-21H,16-18H2,1-3H3,(H,28,32,34);5H2,1-4H3;1H4/b19-17+;;;/t23-,24-;20-,21+;;/m10../s1. The molecule has 0 bridgehead atoms. The maximum atomic E-state index is 13.6. The summed E-state index contributed by atoms with van der Waals surface area (Å²) in [5.41, 5.74) is -2.42. The summed E-state index contributed by atoms with van der Waals surface area (Å²) in [6, 6.07) is 42.1. The average molecular weight is 1370 g/mol. The normalized spacial score (nSPS) is 17.3. The van der Waals surface area contributed by atoms with Crippen molar-refractivity contribution in [3.63, 3.8) is 0 Å². The van der Waals surface area contributed by atoms with E-state index in [2.05, 4.69) is 118 Å². The third-order valence-corrected chi connectivity index (χ3v) is 32.5. The number of benzene rings is 4. The molecule has 2 aromatic heterocycles. The van der Waals surface area contributed by atoms with E-state index in [-0.39, 0.29) is 73.6 Å². The minimum absolute atomic E-state index is 0. The van der Waals surface area contributed by atoms with Gasteiger partial charge < -0.3 is 50.6 Å². The van der Waals surface area contributed by atoms with Gasteiger partial charge in [0.05, 0.1) is 24.3 Å². The second-order valence-corrected chi connectivity index (χ2v) is 39.1. The lowest BCUT2D eigenvalue weighted by molar-refractivity contribution is -0.135. The van der Waals surface area contributed by atoms with Crippen molar-refractivity contribution in [3.05, 3.63) is 199 Å². The second-order valence-electron chi connectivity index (χ2n) is 23.5. The van der Waals surface area contributed by atoms with Gasteiger partial charge in [-0.15, -0.1) is 0 Å². The summed E-state index contributed by atoms with van der Waals surface area (Å²) in [6.45, 7) is 13.0. The van der Waals surface area contributed by atoms with Crippen molar-refractivity contribution in [1.29, 1.82) is 0 Å². The molecule has 0 aliphatic carbocycles. The van der Waals surface area contributed by atoms with E-state index in [1.165, 1.54) is 77.9 Å². The molecule has 24 nitrogen and oxygen atoms in total. The van der Waals surface area contributed by atoms with Gasteiger partial charge in [0.2, 0.25) is 11.8 Å². The van der Waals surface area contributed by atoms with Crippen LogP contribution in [0.2, 0.25) is 10.1 Å². The summed E-state index contributed by atoms with van der Waals surface area (Å²) in [5, 5.41) is 3.95. The molecule has 29 heteroatoms. The van der Waals surface area contributed by atoms with Gasteiger partial charge >= 0.3 is 34.2 Å². The number of nitrogens with one attached hydrogen (secondary N) is 2. The number of carbonyl (C=O) groups excluding carboxylic acids is 3. The molecule has 0 unspecified atom stereocenters. The van der Waals surface area contributed by atoms with Gasteiger partial charge in [-0.3, -0.25) is 52.0 Å². The molecule has 8 rings (SSSR count). The smallest absolute Gasteiger partial charge is 0.353 e. The zero-order chi connectivity index (χ0) is 67.0. The zero-order valence-electron chi connectivity index (χ0n) is 53.3. The van der Waals surface area contributed by atoms with Gasteiger partial charge in [-0.25, -0.2) is 9.59 Å². The number of H-pyrrole nitrogens is 2. The van der Waals surface area contributed by atoms with Crippen LogP contribution in [0.15, 0.2) is 177 Å². The highest BCUT2D eigenvalue weighted by molar-refractivity contribution is 7.71. The van der Waals surface area contributed by atoms with Gasteiger partial charge in [-0.05, 0) is 37.2 Å². The maximum Gasteiger partial charge on any atom is 0.353 e. The molecule has 2 N–H and O–H groups in total. The Kier molecular flexibility index (Phi) is 27.3. The number of hydrogen-bond donors (Lipinski definition) is 2. The van der Waals surface area contributed by atoms with Gasteiger partial charge in [0.1, 0.15) is 19.4 Å². The summed E-state index contributed by atoms with van der Waals surface area (Å²) < 4.78 is 81.0. The summed E-state index contributed by atoms with van der Waals surface area (Å²) >= 11 is 0. The predicted molar refractivity (Wildman–Crippen MR) is 360 cm³/mol. The highest BCUT2D eigenvalue weighted by Gasteiger charge is 2.54. The van der Waals surface area contributed by atoms with Crippen molar-refractivity contribution in [1.82, 2.24) is 28.9 Å². The first kappa shape index (κ1) is 76.1. The Balaban J connectivity index is 0.000000280. The summed E-state index contributed by atoms with van der Waals surface area (Å²) in [6.07, 6.45) is 5.07. The molecule has 2 aliphatic rings. The molecule has 6 aromatic rings. The number of aldehydes is 1. The second kappa shape index (κ2) is 33.0. The highest BCUT2D eigenvalue weighted by atomic mass is 31.2. The van der Waals surface area contributed by atoms with E-state index in [1.54, 1.807) is 11.0 Å². The third kappa shape index (κ3) is 18.4. The van der Waals surface area contributed by atoms with Crippen LogP contribution in [0.3, 0.4) is 0 Å².